The van der Waals surface area contributed by atoms with Crippen molar-refractivity contribution in [2.24, 2.45) is 0 Å². The molecule has 0 saturated carbocycles. The summed E-state index contributed by atoms with van der Waals surface area (Å²) in [6.45, 7) is 6.92. The molecule has 5 nitrogen and oxygen atoms in total. The number of carbonyl (C=O) groups excluding carboxylic acids is 2. The molecule has 0 radical (unpaired) electrons. The molecule has 0 heterocycles. The second-order valence-corrected chi connectivity index (χ2v) is 5.46. The van der Waals surface area contributed by atoms with Crippen molar-refractivity contribution in [3.8, 4) is 5.75 Å². The van der Waals surface area contributed by atoms with Crippen LogP contribution in [0, 0.1) is 0 Å². The van der Waals surface area contributed by atoms with Crippen LogP contribution in [0.4, 0.5) is 4.79 Å². The zero-order chi connectivity index (χ0) is 15.3. The smallest absolute Gasteiger partial charge is 0.408 e. The molecule has 5 heteroatoms. The zero-order valence-corrected chi connectivity index (χ0v) is 12.5. The number of Topliss-reactive ketones (excluding diaryl/α,β-unsaturated/α-hetero) is 1. The Hall–Kier alpha value is -2.04. The molecule has 1 rings (SSSR count). The normalized spacial score (nSPS) is 12.4. The van der Waals surface area contributed by atoms with Gasteiger partial charge in [0.2, 0.25) is 0 Å². The van der Waals surface area contributed by atoms with Crippen LogP contribution in [-0.4, -0.2) is 30.6 Å². The second-order valence-electron chi connectivity index (χ2n) is 5.46. The second kappa shape index (κ2) is 6.41. The van der Waals surface area contributed by atoms with E-state index in [-0.39, 0.29) is 5.78 Å². The first-order chi connectivity index (χ1) is 9.23. The highest BCUT2D eigenvalue weighted by Crippen LogP contribution is 2.13. The third kappa shape index (κ3) is 4.91. The highest BCUT2D eigenvalue weighted by atomic mass is 16.6. The lowest BCUT2D eigenvalue weighted by Crippen LogP contribution is -2.41. The summed E-state index contributed by atoms with van der Waals surface area (Å²) in [6.07, 6.45) is -0.605. The lowest BCUT2D eigenvalue weighted by Gasteiger charge is -2.21. The first kappa shape index (κ1) is 16.0. The summed E-state index contributed by atoms with van der Waals surface area (Å²) in [4.78, 5) is 23.7. The van der Waals surface area contributed by atoms with Crippen molar-refractivity contribution in [2.45, 2.75) is 39.3 Å². The zero-order valence-electron chi connectivity index (χ0n) is 12.5. The summed E-state index contributed by atoms with van der Waals surface area (Å²) in [5.74, 6) is 0.493. The number of hydrogen-bond acceptors (Lipinski definition) is 4. The Morgan fingerprint density at radius 3 is 2.15 bits per heavy atom. The van der Waals surface area contributed by atoms with Crippen LogP contribution >= 0.6 is 0 Å². The standard InChI is InChI=1S/C15H21NO4/c1-10(16-14(18)20-15(2,3)4)13(17)11-6-8-12(19-5)9-7-11/h6-10H,1-5H3,(H,16,18)/t10-/m0/s1. The van der Waals surface area contributed by atoms with Gasteiger partial charge in [-0.25, -0.2) is 4.79 Å². The van der Waals surface area contributed by atoms with E-state index in [9.17, 15) is 9.59 Å². The van der Waals surface area contributed by atoms with E-state index in [1.165, 1.54) is 0 Å². The van der Waals surface area contributed by atoms with Gasteiger partial charge in [-0.1, -0.05) is 0 Å². The van der Waals surface area contributed by atoms with Crippen molar-refractivity contribution in [3.63, 3.8) is 0 Å². The number of benzene rings is 1. The fourth-order valence-electron chi connectivity index (χ4n) is 1.56. The predicted molar refractivity (Wildman–Crippen MR) is 76.2 cm³/mol. The molecule has 1 aromatic rings. The van der Waals surface area contributed by atoms with Gasteiger partial charge >= 0.3 is 6.09 Å². The van der Waals surface area contributed by atoms with Gasteiger partial charge in [-0.2, -0.15) is 0 Å². The number of methoxy groups -OCH3 is 1. The Morgan fingerprint density at radius 2 is 1.70 bits per heavy atom. The van der Waals surface area contributed by atoms with E-state index in [2.05, 4.69) is 5.32 Å². The number of alkyl carbamates (subject to hydrolysis) is 1. The molecule has 1 atom stereocenters. The van der Waals surface area contributed by atoms with Gasteiger partial charge in [0.15, 0.2) is 5.78 Å². The monoisotopic (exact) mass is 279 g/mol. The van der Waals surface area contributed by atoms with Crippen LogP contribution in [0.3, 0.4) is 0 Å². The summed E-state index contributed by atoms with van der Waals surface area (Å²) in [5.41, 5.74) is -0.0816. The molecule has 0 aliphatic carbocycles. The molecule has 1 N–H and O–H groups in total. The van der Waals surface area contributed by atoms with Gasteiger partial charge in [-0.05, 0) is 52.0 Å². The molecular formula is C15H21NO4. The summed E-state index contributed by atoms with van der Waals surface area (Å²) in [7, 11) is 1.56. The number of hydrogen-bond donors (Lipinski definition) is 1. The van der Waals surface area contributed by atoms with Crippen molar-refractivity contribution in [1.82, 2.24) is 5.32 Å². The number of nitrogens with one attached hydrogen (secondary N) is 1. The van der Waals surface area contributed by atoms with Gasteiger partial charge in [0.25, 0.3) is 0 Å². The Morgan fingerprint density at radius 1 is 1.15 bits per heavy atom. The number of ether oxygens (including phenoxy) is 2. The third-order valence-corrected chi connectivity index (χ3v) is 2.50. The molecule has 0 saturated heterocycles. The van der Waals surface area contributed by atoms with Crippen molar-refractivity contribution in [2.75, 3.05) is 7.11 Å². The molecule has 110 valence electrons. The molecule has 0 unspecified atom stereocenters. The van der Waals surface area contributed by atoms with Crippen LogP contribution in [0.2, 0.25) is 0 Å². The molecule has 1 aromatic carbocycles. The van der Waals surface area contributed by atoms with Gasteiger partial charge in [0, 0.05) is 5.56 Å². The summed E-state index contributed by atoms with van der Waals surface area (Å²) in [5, 5.41) is 2.52. The molecule has 20 heavy (non-hydrogen) atoms. The van der Waals surface area contributed by atoms with Crippen LogP contribution in [-0.2, 0) is 4.74 Å². The van der Waals surface area contributed by atoms with Gasteiger partial charge in [-0.15, -0.1) is 0 Å². The van der Waals surface area contributed by atoms with Crippen LogP contribution in [0.5, 0.6) is 5.75 Å². The maximum atomic E-state index is 12.1. The lowest BCUT2D eigenvalue weighted by atomic mass is 10.1. The van der Waals surface area contributed by atoms with Crippen molar-refractivity contribution in [3.05, 3.63) is 29.8 Å². The van der Waals surface area contributed by atoms with Crippen LogP contribution in [0.1, 0.15) is 38.1 Å². The van der Waals surface area contributed by atoms with E-state index in [0.29, 0.717) is 11.3 Å². The van der Waals surface area contributed by atoms with Gasteiger partial charge in [-0.3, -0.25) is 4.79 Å². The molecule has 0 spiro atoms. The van der Waals surface area contributed by atoms with Crippen LogP contribution in [0.15, 0.2) is 24.3 Å². The number of carbonyl (C=O) groups is 2. The first-order valence-corrected chi connectivity index (χ1v) is 6.40. The lowest BCUT2D eigenvalue weighted by molar-refractivity contribution is 0.0497. The van der Waals surface area contributed by atoms with E-state index in [4.69, 9.17) is 9.47 Å². The minimum absolute atomic E-state index is 0.182. The minimum atomic E-state index is -0.654. The van der Waals surface area contributed by atoms with Gasteiger partial charge in [0.05, 0.1) is 13.2 Å². The molecule has 0 aliphatic rings. The minimum Gasteiger partial charge on any atom is -0.497 e. The molecule has 0 aromatic heterocycles. The van der Waals surface area contributed by atoms with Crippen molar-refractivity contribution in [1.29, 1.82) is 0 Å². The average molecular weight is 279 g/mol. The molecule has 0 aliphatic heterocycles. The maximum absolute atomic E-state index is 12.1. The van der Waals surface area contributed by atoms with E-state index in [0.717, 1.165) is 0 Å². The first-order valence-electron chi connectivity index (χ1n) is 6.40. The summed E-state index contributed by atoms with van der Waals surface area (Å²) < 4.78 is 10.1. The van der Waals surface area contributed by atoms with E-state index in [1.807, 2.05) is 0 Å². The topological polar surface area (TPSA) is 64.6 Å². The molecule has 1 amide bonds. The highest BCUT2D eigenvalue weighted by molar-refractivity contribution is 6.01. The quantitative estimate of drug-likeness (QED) is 0.861. The fourth-order valence-corrected chi connectivity index (χ4v) is 1.56. The molecule has 0 fully saturated rings. The van der Waals surface area contributed by atoms with Gasteiger partial charge < -0.3 is 14.8 Å². The Kier molecular flexibility index (Phi) is 5.13. The van der Waals surface area contributed by atoms with E-state index < -0.39 is 17.7 Å². The van der Waals surface area contributed by atoms with E-state index >= 15 is 0 Å². The third-order valence-electron chi connectivity index (χ3n) is 2.50. The molecular weight excluding hydrogens is 258 g/mol. The largest absolute Gasteiger partial charge is 0.497 e. The molecule has 0 bridgehead atoms. The van der Waals surface area contributed by atoms with Crippen molar-refractivity contribution < 1.29 is 19.1 Å². The van der Waals surface area contributed by atoms with Crippen LogP contribution < -0.4 is 10.1 Å². The highest BCUT2D eigenvalue weighted by Gasteiger charge is 2.21. The number of amides is 1. The maximum Gasteiger partial charge on any atom is 0.408 e. The summed E-state index contributed by atoms with van der Waals surface area (Å²) in [6, 6.07) is 6.07. The average Bonchev–Trinajstić information content (AvgIpc) is 2.35. The fraction of sp³-hybridized carbons (Fsp3) is 0.467. The van der Waals surface area contributed by atoms with E-state index in [1.54, 1.807) is 59.1 Å². The van der Waals surface area contributed by atoms with Crippen molar-refractivity contribution >= 4 is 11.9 Å². The SMILES string of the molecule is COc1ccc(C(=O)[C@H](C)NC(=O)OC(C)(C)C)cc1. The summed E-state index contributed by atoms with van der Waals surface area (Å²) >= 11 is 0. The number of rotatable bonds is 4. The predicted octanol–water partition coefficient (Wildman–Crippen LogP) is 2.79. The van der Waals surface area contributed by atoms with Gasteiger partial charge in [0.1, 0.15) is 11.4 Å². The Balaban J connectivity index is 2.64. The Bertz CT molecular complexity index is 474. The Labute approximate surface area is 119 Å². The van der Waals surface area contributed by atoms with Crippen LogP contribution in [0.25, 0.3) is 0 Å². The number of ketones is 1.